The zero-order chi connectivity index (χ0) is 12.5. The van der Waals surface area contributed by atoms with Gasteiger partial charge in [0.15, 0.2) is 0 Å². The average molecular weight is 265 g/mol. The van der Waals surface area contributed by atoms with Gasteiger partial charge in [-0.25, -0.2) is 4.98 Å². The Labute approximate surface area is 112 Å². The van der Waals surface area contributed by atoms with Gasteiger partial charge in [0.1, 0.15) is 17.1 Å². The van der Waals surface area contributed by atoms with Crippen molar-refractivity contribution in [1.29, 1.82) is 0 Å². The van der Waals surface area contributed by atoms with Gasteiger partial charge in [0.05, 0.1) is 18.0 Å². The van der Waals surface area contributed by atoms with Crippen LogP contribution in [0.1, 0.15) is 38.1 Å². The predicted octanol–water partition coefficient (Wildman–Crippen LogP) is 3.90. The van der Waals surface area contributed by atoms with Crippen LogP contribution in [0.5, 0.6) is 5.75 Å². The van der Waals surface area contributed by atoms with Crippen molar-refractivity contribution in [2.75, 3.05) is 6.61 Å². The zero-order valence-electron chi connectivity index (χ0n) is 10.5. The normalized spacial score (nSPS) is 15.9. The lowest BCUT2D eigenvalue weighted by atomic mass is 9.92. The third-order valence-electron chi connectivity index (χ3n) is 3.62. The molecule has 1 aliphatic rings. The van der Waals surface area contributed by atoms with Crippen LogP contribution in [-0.2, 0) is 5.88 Å². The van der Waals surface area contributed by atoms with Gasteiger partial charge in [-0.1, -0.05) is 6.07 Å². The number of halogens is 1. The van der Waals surface area contributed by atoms with Crippen molar-refractivity contribution in [2.45, 2.75) is 38.1 Å². The summed E-state index contributed by atoms with van der Waals surface area (Å²) in [6.07, 6.45) is 3.76. The summed E-state index contributed by atoms with van der Waals surface area (Å²) in [6.45, 7) is 2.65. The molecule has 1 aliphatic carbocycles. The van der Waals surface area contributed by atoms with Crippen molar-refractivity contribution in [2.24, 2.45) is 0 Å². The molecule has 0 radical (unpaired) electrons. The molecular weight excluding hydrogens is 248 g/mol. The summed E-state index contributed by atoms with van der Waals surface area (Å²) in [5.74, 6) is 2.28. The first-order valence-electron chi connectivity index (χ1n) is 6.53. The van der Waals surface area contributed by atoms with Crippen molar-refractivity contribution in [3.63, 3.8) is 0 Å². The first-order valence-corrected chi connectivity index (χ1v) is 7.07. The highest BCUT2D eigenvalue weighted by molar-refractivity contribution is 6.16. The van der Waals surface area contributed by atoms with Crippen LogP contribution in [-0.4, -0.2) is 16.2 Å². The maximum Gasteiger partial charge on any atom is 0.147 e. The molecule has 1 aromatic heterocycles. The lowest BCUT2D eigenvalue weighted by Gasteiger charge is -2.28. The minimum absolute atomic E-state index is 0.455. The molecule has 2 aromatic rings. The van der Waals surface area contributed by atoms with Gasteiger partial charge in [-0.2, -0.15) is 0 Å². The number of fused-ring (bicyclic) bond motifs is 1. The van der Waals surface area contributed by atoms with Crippen molar-refractivity contribution in [3.05, 3.63) is 24.0 Å². The molecule has 0 amide bonds. The van der Waals surface area contributed by atoms with Crippen LogP contribution >= 0.6 is 11.6 Å². The quantitative estimate of drug-likeness (QED) is 0.783. The van der Waals surface area contributed by atoms with E-state index in [1.54, 1.807) is 0 Å². The Morgan fingerprint density at radius 1 is 1.44 bits per heavy atom. The summed E-state index contributed by atoms with van der Waals surface area (Å²) in [7, 11) is 0. The molecule has 0 unspecified atom stereocenters. The van der Waals surface area contributed by atoms with E-state index < -0.39 is 0 Å². The Morgan fingerprint density at radius 2 is 2.28 bits per heavy atom. The van der Waals surface area contributed by atoms with E-state index in [9.17, 15) is 0 Å². The largest absolute Gasteiger partial charge is 0.492 e. The van der Waals surface area contributed by atoms with E-state index in [1.165, 1.54) is 19.3 Å². The maximum atomic E-state index is 6.03. The van der Waals surface area contributed by atoms with E-state index in [-0.39, 0.29) is 0 Å². The van der Waals surface area contributed by atoms with Gasteiger partial charge in [-0.05, 0) is 38.3 Å². The topological polar surface area (TPSA) is 27.1 Å². The molecule has 0 saturated heterocycles. The Morgan fingerprint density at radius 3 is 2.89 bits per heavy atom. The van der Waals surface area contributed by atoms with Crippen LogP contribution in [0.3, 0.4) is 0 Å². The van der Waals surface area contributed by atoms with E-state index in [1.807, 2.05) is 19.1 Å². The maximum absolute atomic E-state index is 6.03. The van der Waals surface area contributed by atoms with E-state index in [2.05, 4.69) is 15.6 Å². The summed E-state index contributed by atoms with van der Waals surface area (Å²) in [5, 5.41) is 0. The number of para-hydroxylation sites is 1. The molecule has 0 aliphatic heterocycles. The van der Waals surface area contributed by atoms with Gasteiger partial charge >= 0.3 is 0 Å². The number of imidazole rings is 1. The molecule has 3 rings (SSSR count). The van der Waals surface area contributed by atoms with Crippen molar-refractivity contribution < 1.29 is 4.74 Å². The molecule has 1 saturated carbocycles. The molecule has 1 fully saturated rings. The monoisotopic (exact) mass is 264 g/mol. The fraction of sp³-hybridized carbons (Fsp3) is 0.500. The van der Waals surface area contributed by atoms with E-state index in [0.717, 1.165) is 22.6 Å². The SMILES string of the molecule is CCOc1cccc2c1nc(CCl)n2C1CCC1. The number of benzene rings is 1. The second-order valence-electron chi connectivity index (χ2n) is 4.67. The van der Waals surface area contributed by atoms with Gasteiger partial charge in [0, 0.05) is 6.04 Å². The number of hydrogen-bond acceptors (Lipinski definition) is 2. The molecule has 1 aromatic carbocycles. The number of hydrogen-bond donors (Lipinski definition) is 0. The molecular formula is C14H17ClN2O. The minimum Gasteiger partial charge on any atom is -0.492 e. The number of rotatable bonds is 4. The number of alkyl halides is 1. The average Bonchev–Trinajstić information content (AvgIpc) is 2.68. The zero-order valence-corrected chi connectivity index (χ0v) is 11.3. The fourth-order valence-corrected chi connectivity index (χ4v) is 2.75. The van der Waals surface area contributed by atoms with Gasteiger partial charge < -0.3 is 9.30 Å². The fourth-order valence-electron chi connectivity index (χ4n) is 2.56. The van der Waals surface area contributed by atoms with Gasteiger partial charge in [0.25, 0.3) is 0 Å². The Hall–Kier alpha value is -1.22. The second-order valence-corrected chi connectivity index (χ2v) is 4.94. The van der Waals surface area contributed by atoms with Crippen LogP contribution < -0.4 is 4.74 Å². The highest BCUT2D eigenvalue weighted by atomic mass is 35.5. The molecule has 0 bridgehead atoms. The van der Waals surface area contributed by atoms with Crippen LogP contribution in [0.2, 0.25) is 0 Å². The highest BCUT2D eigenvalue weighted by Gasteiger charge is 2.25. The third-order valence-corrected chi connectivity index (χ3v) is 3.85. The molecule has 18 heavy (non-hydrogen) atoms. The first kappa shape index (κ1) is 11.8. The minimum atomic E-state index is 0.455. The smallest absolute Gasteiger partial charge is 0.147 e. The summed E-state index contributed by atoms with van der Waals surface area (Å²) >= 11 is 6.03. The standard InChI is InChI=1S/C14H17ClN2O/c1-2-18-12-8-4-7-11-14(12)16-13(9-15)17(11)10-5-3-6-10/h4,7-8,10H,2-3,5-6,9H2,1H3. The van der Waals surface area contributed by atoms with Crippen molar-refractivity contribution >= 4 is 22.6 Å². The third kappa shape index (κ3) is 1.77. The molecule has 0 atom stereocenters. The Balaban J connectivity index is 2.17. The lowest BCUT2D eigenvalue weighted by Crippen LogP contribution is -2.18. The Kier molecular flexibility index (Phi) is 3.16. The molecule has 4 heteroatoms. The van der Waals surface area contributed by atoms with Crippen LogP contribution in [0.4, 0.5) is 0 Å². The van der Waals surface area contributed by atoms with E-state index >= 15 is 0 Å². The van der Waals surface area contributed by atoms with Crippen LogP contribution in [0, 0.1) is 0 Å². The van der Waals surface area contributed by atoms with E-state index in [4.69, 9.17) is 16.3 Å². The number of nitrogens with zero attached hydrogens (tertiary/aromatic N) is 2. The van der Waals surface area contributed by atoms with Gasteiger partial charge in [-0.15, -0.1) is 11.6 Å². The Bertz CT molecular complexity index is 560. The highest BCUT2D eigenvalue weighted by Crippen LogP contribution is 2.37. The molecule has 0 N–H and O–H groups in total. The summed E-state index contributed by atoms with van der Waals surface area (Å²) < 4.78 is 7.94. The van der Waals surface area contributed by atoms with Gasteiger partial charge in [0.2, 0.25) is 0 Å². The summed E-state index contributed by atoms with van der Waals surface area (Å²) in [4.78, 5) is 4.66. The first-order chi connectivity index (χ1) is 8.85. The van der Waals surface area contributed by atoms with Crippen LogP contribution in [0.25, 0.3) is 11.0 Å². The van der Waals surface area contributed by atoms with Crippen LogP contribution in [0.15, 0.2) is 18.2 Å². The second kappa shape index (κ2) is 4.81. The van der Waals surface area contributed by atoms with E-state index in [0.29, 0.717) is 18.5 Å². The number of ether oxygens (including phenoxy) is 1. The lowest BCUT2D eigenvalue weighted by molar-refractivity contribution is 0.315. The summed E-state index contributed by atoms with van der Waals surface area (Å²) in [5.41, 5.74) is 2.10. The van der Waals surface area contributed by atoms with Gasteiger partial charge in [-0.3, -0.25) is 0 Å². The molecule has 0 spiro atoms. The number of aromatic nitrogens is 2. The molecule has 3 nitrogen and oxygen atoms in total. The van der Waals surface area contributed by atoms with Crippen molar-refractivity contribution in [3.8, 4) is 5.75 Å². The molecule has 1 heterocycles. The van der Waals surface area contributed by atoms with Crippen molar-refractivity contribution in [1.82, 2.24) is 9.55 Å². The summed E-state index contributed by atoms with van der Waals surface area (Å²) in [6, 6.07) is 6.68. The molecule has 96 valence electrons. The predicted molar refractivity (Wildman–Crippen MR) is 73.3 cm³/mol.